The molecule has 0 aliphatic carbocycles. The molecule has 1 unspecified atom stereocenters. The minimum atomic E-state index is -1.08. The Labute approximate surface area is 246 Å². The number of guanidine groups is 1. The van der Waals surface area contributed by atoms with E-state index in [0.29, 0.717) is 19.6 Å². The van der Waals surface area contributed by atoms with Gasteiger partial charge in [0.1, 0.15) is 24.4 Å². The molecule has 4 rings (SSSR count). The number of nitrogens with one attached hydrogen (secondary N) is 1. The number of ether oxygens (including phenoxy) is 4. The number of rotatable bonds is 14. The van der Waals surface area contributed by atoms with Crippen molar-refractivity contribution in [2.45, 2.75) is 50.1 Å². The lowest BCUT2D eigenvalue weighted by atomic mass is 9.96. The highest BCUT2D eigenvalue weighted by atomic mass is 16.7. The van der Waals surface area contributed by atoms with Crippen LogP contribution in [-0.4, -0.2) is 74.5 Å². The van der Waals surface area contributed by atoms with Crippen LogP contribution in [0.25, 0.3) is 11.1 Å². The molecule has 1 aliphatic rings. The Kier molecular flexibility index (Phi) is 11.9. The van der Waals surface area contributed by atoms with Crippen LogP contribution < -0.4 is 16.8 Å². The van der Waals surface area contributed by atoms with Crippen LogP contribution in [0.15, 0.2) is 89.9 Å². The zero-order valence-corrected chi connectivity index (χ0v) is 23.8. The van der Waals surface area contributed by atoms with Crippen LogP contribution in [-0.2, 0) is 36.8 Å². The third-order valence-electron chi connectivity index (χ3n) is 7.03. The third-order valence-corrected chi connectivity index (χ3v) is 7.03. The number of aliphatic imine (C=N–C) groups is 1. The summed E-state index contributed by atoms with van der Waals surface area (Å²) in [6, 6.07) is 27.4. The van der Waals surface area contributed by atoms with Crippen LogP contribution in [0.1, 0.15) is 17.5 Å². The highest BCUT2D eigenvalue weighted by molar-refractivity contribution is 5.78. The van der Waals surface area contributed by atoms with Gasteiger partial charge < -0.3 is 40.8 Å². The first-order valence-corrected chi connectivity index (χ1v) is 14.0. The van der Waals surface area contributed by atoms with Crippen molar-refractivity contribution in [3.05, 3.63) is 96.1 Å². The quantitative estimate of drug-likeness (QED) is 0.169. The van der Waals surface area contributed by atoms with Gasteiger partial charge in [-0.3, -0.25) is 9.79 Å². The first-order valence-electron chi connectivity index (χ1n) is 14.0. The molecule has 1 saturated heterocycles. The fourth-order valence-corrected chi connectivity index (χ4v) is 4.83. The molecule has 1 amide bonds. The maximum Gasteiger partial charge on any atom is 0.222 e. The van der Waals surface area contributed by atoms with Crippen LogP contribution in [0.3, 0.4) is 0 Å². The number of hydrogen-bond acceptors (Lipinski definition) is 7. The number of nitrogens with two attached hydrogens (primary N) is 2. The molecule has 3 aromatic rings. The van der Waals surface area contributed by atoms with E-state index in [-0.39, 0.29) is 31.4 Å². The molecular weight excluding hydrogens is 536 g/mol. The summed E-state index contributed by atoms with van der Waals surface area (Å²) in [5.41, 5.74) is 15.1. The van der Waals surface area contributed by atoms with E-state index in [9.17, 15) is 9.90 Å². The van der Waals surface area contributed by atoms with Crippen molar-refractivity contribution < 1.29 is 28.8 Å². The summed E-state index contributed by atoms with van der Waals surface area (Å²) in [4.78, 5) is 16.5. The van der Waals surface area contributed by atoms with Gasteiger partial charge >= 0.3 is 0 Å². The van der Waals surface area contributed by atoms with Gasteiger partial charge in [0.2, 0.25) is 5.91 Å². The highest BCUT2D eigenvalue weighted by Crippen LogP contribution is 2.26. The second-order valence-electron chi connectivity index (χ2n) is 10.1. The maximum absolute atomic E-state index is 12.7. The van der Waals surface area contributed by atoms with Gasteiger partial charge in [-0.25, -0.2) is 0 Å². The van der Waals surface area contributed by atoms with E-state index in [1.54, 1.807) is 0 Å². The van der Waals surface area contributed by atoms with Gasteiger partial charge in [-0.2, -0.15) is 0 Å². The van der Waals surface area contributed by atoms with Gasteiger partial charge in [0.05, 0.1) is 26.4 Å². The molecule has 1 heterocycles. The van der Waals surface area contributed by atoms with E-state index < -0.39 is 30.6 Å². The molecular formula is C32H40N4O6. The standard InChI is InChI=1S/C32H40N4O6/c1-39-30-28(36-27(37)16-18-35-32(33)34)31(41-19-17-22-8-4-2-5-9-22)42-26(29(30)38)21-40-20-23-12-14-25(15-13-23)24-10-6-3-7-11-24/h2-15,26,28-31,38H,16-21H2,1H3,(H,36,37)(H4,33,34,35)/t26-,28-,29-,30-,31?/m1/s1. The number of benzene rings is 3. The van der Waals surface area contributed by atoms with Crippen molar-refractivity contribution in [1.82, 2.24) is 5.32 Å². The van der Waals surface area contributed by atoms with E-state index in [2.05, 4.69) is 34.6 Å². The van der Waals surface area contributed by atoms with Crippen LogP contribution in [0.5, 0.6) is 0 Å². The summed E-state index contributed by atoms with van der Waals surface area (Å²) in [5, 5.41) is 14.0. The summed E-state index contributed by atoms with van der Waals surface area (Å²) in [6.07, 6.45) is -2.80. The predicted octanol–water partition coefficient (Wildman–Crippen LogP) is 2.38. The Morgan fingerprint density at radius 2 is 1.62 bits per heavy atom. The van der Waals surface area contributed by atoms with E-state index in [1.165, 1.54) is 7.11 Å². The average Bonchev–Trinajstić information content (AvgIpc) is 3.00. The number of hydrogen-bond donors (Lipinski definition) is 4. The molecule has 6 N–H and O–H groups in total. The van der Waals surface area contributed by atoms with Crippen molar-refractivity contribution in [1.29, 1.82) is 0 Å². The predicted molar refractivity (Wildman–Crippen MR) is 160 cm³/mol. The van der Waals surface area contributed by atoms with Gasteiger partial charge in [-0.05, 0) is 28.7 Å². The molecule has 3 aromatic carbocycles. The van der Waals surface area contributed by atoms with Gasteiger partial charge in [0.25, 0.3) is 0 Å². The minimum absolute atomic E-state index is 0.0489. The Hall–Kier alpha value is -3.80. The van der Waals surface area contributed by atoms with Crippen molar-refractivity contribution >= 4 is 11.9 Å². The van der Waals surface area contributed by atoms with Crippen molar-refractivity contribution in [3.63, 3.8) is 0 Å². The molecule has 42 heavy (non-hydrogen) atoms. The van der Waals surface area contributed by atoms with Crippen LogP contribution in [0.2, 0.25) is 0 Å². The fourth-order valence-electron chi connectivity index (χ4n) is 4.83. The number of aliphatic hydroxyl groups is 1. The minimum Gasteiger partial charge on any atom is -0.388 e. The van der Waals surface area contributed by atoms with Crippen LogP contribution in [0, 0.1) is 0 Å². The lowest BCUT2D eigenvalue weighted by Crippen LogP contribution is -2.65. The zero-order valence-electron chi connectivity index (χ0n) is 23.8. The molecule has 10 nitrogen and oxygen atoms in total. The number of aliphatic hydroxyl groups excluding tert-OH is 1. The smallest absolute Gasteiger partial charge is 0.222 e. The van der Waals surface area contributed by atoms with Gasteiger partial charge in [-0.15, -0.1) is 0 Å². The molecule has 224 valence electrons. The monoisotopic (exact) mass is 576 g/mol. The fraction of sp³-hybridized carbons (Fsp3) is 0.375. The van der Waals surface area contributed by atoms with E-state index in [4.69, 9.17) is 30.4 Å². The molecule has 0 saturated carbocycles. The average molecular weight is 577 g/mol. The Morgan fingerprint density at radius 1 is 0.952 bits per heavy atom. The number of carbonyl (C=O) groups excluding carboxylic acids is 1. The summed E-state index contributed by atoms with van der Waals surface area (Å²) >= 11 is 0. The molecule has 5 atom stereocenters. The molecule has 1 fully saturated rings. The summed E-state index contributed by atoms with van der Waals surface area (Å²) in [7, 11) is 1.48. The first kappa shape index (κ1) is 31.1. The Bertz CT molecular complexity index is 1260. The number of nitrogens with zero attached hydrogens (tertiary/aromatic N) is 1. The molecule has 0 radical (unpaired) electrons. The van der Waals surface area contributed by atoms with Crippen molar-refractivity contribution in [2.75, 3.05) is 26.9 Å². The number of methoxy groups -OCH3 is 1. The largest absolute Gasteiger partial charge is 0.388 e. The molecule has 0 bridgehead atoms. The lowest BCUT2D eigenvalue weighted by molar-refractivity contribution is -0.276. The van der Waals surface area contributed by atoms with Gasteiger partial charge in [0.15, 0.2) is 12.2 Å². The Morgan fingerprint density at radius 3 is 2.29 bits per heavy atom. The SMILES string of the molecule is CO[C@H]1[C@H](O)[C@@H](COCc2ccc(-c3ccccc3)cc2)OC(OCCc2ccccc2)[C@@H]1NC(=O)CCN=C(N)N. The summed E-state index contributed by atoms with van der Waals surface area (Å²) < 4.78 is 23.9. The molecule has 10 heteroatoms. The molecule has 0 spiro atoms. The molecule has 0 aromatic heterocycles. The van der Waals surface area contributed by atoms with Crippen molar-refractivity contribution in [3.8, 4) is 11.1 Å². The highest BCUT2D eigenvalue weighted by Gasteiger charge is 2.47. The zero-order chi connectivity index (χ0) is 29.7. The van der Waals surface area contributed by atoms with E-state index in [0.717, 1.165) is 22.3 Å². The first-order chi connectivity index (χ1) is 20.4. The number of carbonyl (C=O) groups is 1. The number of amides is 1. The van der Waals surface area contributed by atoms with Gasteiger partial charge in [0, 0.05) is 13.5 Å². The summed E-state index contributed by atoms with van der Waals surface area (Å²) in [6.45, 7) is 0.905. The summed E-state index contributed by atoms with van der Waals surface area (Å²) in [5.74, 6) is -0.417. The third kappa shape index (κ3) is 9.10. The van der Waals surface area contributed by atoms with E-state index in [1.807, 2.05) is 60.7 Å². The lowest BCUT2D eigenvalue weighted by Gasteiger charge is -2.44. The second-order valence-corrected chi connectivity index (χ2v) is 10.1. The topological polar surface area (TPSA) is 151 Å². The normalized spacial score (nSPS) is 21.9. The van der Waals surface area contributed by atoms with Crippen LogP contribution in [0.4, 0.5) is 0 Å². The Balaban J connectivity index is 1.38. The van der Waals surface area contributed by atoms with E-state index >= 15 is 0 Å². The van der Waals surface area contributed by atoms with Crippen LogP contribution >= 0.6 is 0 Å². The molecule has 1 aliphatic heterocycles. The maximum atomic E-state index is 12.7. The van der Waals surface area contributed by atoms with Gasteiger partial charge in [-0.1, -0.05) is 84.9 Å². The van der Waals surface area contributed by atoms with Crippen molar-refractivity contribution in [2.24, 2.45) is 16.5 Å². The second kappa shape index (κ2) is 16.0.